The lowest BCUT2D eigenvalue weighted by molar-refractivity contribution is 0.203. The van der Waals surface area contributed by atoms with Crippen molar-refractivity contribution < 1.29 is 4.74 Å². The summed E-state index contributed by atoms with van der Waals surface area (Å²) in [5.41, 5.74) is 3.80. The van der Waals surface area contributed by atoms with E-state index in [1.54, 1.807) is 0 Å². The van der Waals surface area contributed by atoms with Gasteiger partial charge in [-0.05, 0) is 23.6 Å². The van der Waals surface area contributed by atoms with Crippen LogP contribution in [0.2, 0.25) is 0 Å². The molecule has 1 aliphatic rings. The smallest absolute Gasteiger partial charge is 0.201 e. The lowest BCUT2D eigenvalue weighted by atomic mass is 10.1. The molecular weight excluding hydrogens is 344 g/mol. The zero-order valence-corrected chi connectivity index (χ0v) is 16.2. The van der Waals surface area contributed by atoms with Gasteiger partial charge in [-0.2, -0.15) is 0 Å². The summed E-state index contributed by atoms with van der Waals surface area (Å²) in [5.74, 6) is 0.834. The Morgan fingerprint density at radius 2 is 1.32 bits per heavy atom. The molecule has 3 aromatic carbocycles. The fourth-order valence-corrected chi connectivity index (χ4v) is 3.59. The predicted octanol–water partition coefficient (Wildman–Crippen LogP) is 5.25. The van der Waals surface area contributed by atoms with Crippen molar-refractivity contribution in [2.75, 3.05) is 6.61 Å². The molecule has 0 radical (unpaired) electrons. The standard InChI is InChI=1S/C25H26N2O/c1-20(25-26-24(19-28-25)23-15-9-4-10-16-23)27(17-21-11-5-2-6-12-21)18-22-13-7-3-8-14-22/h2-16,20,24H,17-19H2,1H3/t20?,24-/m0/s1. The molecule has 0 bridgehead atoms. The molecule has 1 heterocycles. The number of rotatable bonds is 7. The fraction of sp³-hybridized carbons (Fsp3) is 0.240. The molecule has 3 nitrogen and oxygen atoms in total. The van der Waals surface area contributed by atoms with Gasteiger partial charge in [-0.25, -0.2) is 4.99 Å². The molecular formula is C25H26N2O. The quantitative estimate of drug-likeness (QED) is 0.568. The van der Waals surface area contributed by atoms with Crippen molar-refractivity contribution in [2.24, 2.45) is 4.99 Å². The summed E-state index contributed by atoms with van der Waals surface area (Å²) < 4.78 is 6.05. The second kappa shape index (κ2) is 8.85. The van der Waals surface area contributed by atoms with Crippen LogP contribution >= 0.6 is 0 Å². The van der Waals surface area contributed by atoms with Crippen LogP contribution in [0.15, 0.2) is 96.0 Å². The highest BCUT2D eigenvalue weighted by atomic mass is 16.5. The van der Waals surface area contributed by atoms with Gasteiger partial charge in [-0.15, -0.1) is 0 Å². The van der Waals surface area contributed by atoms with Crippen LogP contribution in [-0.4, -0.2) is 23.4 Å². The van der Waals surface area contributed by atoms with Crippen LogP contribution in [0.4, 0.5) is 0 Å². The third-order valence-electron chi connectivity index (χ3n) is 5.22. The molecule has 0 amide bonds. The van der Waals surface area contributed by atoms with Gasteiger partial charge in [0.25, 0.3) is 0 Å². The van der Waals surface area contributed by atoms with Crippen molar-refractivity contribution >= 4 is 5.90 Å². The van der Waals surface area contributed by atoms with Gasteiger partial charge >= 0.3 is 0 Å². The van der Waals surface area contributed by atoms with Crippen molar-refractivity contribution in [3.8, 4) is 0 Å². The van der Waals surface area contributed by atoms with E-state index in [4.69, 9.17) is 9.73 Å². The van der Waals surface area contributed by atoms with Gasteiger partial charge in [0.15, 0.2) is 0 Å². The molecule has 3 aromatic rings. The largest absolute Gasteiger partial charge is 0.477 e. The number of hydrogen-bond acceptors (Lipinski definition) is 3. The maximum absolute atomic E-state index is 6.05. The SMILES string of the molecule is CC(C1=N[C@H](c2ccccc2)CO1)N(Cc1ccccc1)Cc1ccccc1. The molecule has 0 spiro atoms. The topological polar surface area (TPSA) is 24.8 Å². The summed E-state index contributed by atoms with van der Waals surface area (Å²) in [6, 6.07) is 31.8. The molecule has 0 saturated heterocycles. The Bertz CT molecular complexity index is 852. The van der Waals surface area contributed by atoms with Gasteiger partial charge in [-0.1, -0.05) is 91.0 Å². The summed E-state index contributed by atoms with van der Waals surface area (Å²) >= 11 is 0. The Morgan fingerprint density at radius 3 is 1.86 bits per heavy atom. The van der Waals surface area contributed by atoms with Crippen LogP contribution < -0.4 is 0 Å². The van der Waals surface area contributed by atoms with Gasteiger partial charge in [0.1, 0.15) is 12.6 Å². The minimum absolute atomic E-state index is 0.0916. The van der Waals surface area contributed by atoms with Crippen molar-refractivity contribution in [3.05, 3.63) is 108 Å². The van der Waals surface area contributed by atoms with Crippen molar-refractivity contribution in [1.82, 2.24) is 4.90 Å². The summed E-state index contributed by atoms with van der Waals surface area (Å²) in [6.07, 6.45) is 0. The Hall–Kier alpha value is -2.91. The van der Waals surface area contributed by atoms with E-state index < -0.39 is 0 Å². The van der Waals surface area contributed by atoms with Crippen LogP contribution in [0.1, 0.15) is 29.7 Å². The number of aliphatic imine (C=N–C) groups is 1. The van der Waals surface area contributed by atoms with Gasteiger partial charge < -0.3 is 4.74 Å². The second-order valence-corrected chi connectivity index (χ2v) is 7.26. The van der Waals surface area contributed by atoms with E-state index in [0.29, 0.717) is 6.61 Å². The number of hydrogen-bond donors (Lipinski definition) is 0. The van der Waals surface area contributed by atoms with Crippen LogP contribution in [0, 0.1) is 0 Å². The zero-order valence-electron chi connectivity index (χ0n) is 16.2. The first-order valence-corrected chi connectivity index (χ1v) is 9.87. The Labute approximate surface area is 167 Å². The number of benzene rings is 3. The first kappa shape index (κ1) is 18.5. The van der Waals surface area contributed by atoms with E-state index in [-0.39, 0.29) is 12.1 Å². The third kappa shape index (κ3) is 4.49. The molecule has 0 fully saturated rings. The third-order valence-corrected chi connectivity index (χ3v) is 5.22. The van der Waals surface area contributed by atoms with E-state index in [0.717, 1.165) is 19.0 Å². The lowest BCUT2D eigenvalue weighted by Crippen LogP contribution is -2.38. The highest BCUT2D eigenvalue weighted by molar-refractivity contribution is 5.83. The van der Waals surface area contributed by atoms with Gasteiger partial charge in [0, 0.05) is 13.1 Å². The molecule has 142 valence electrons. The maximum Gasteiger partial charge on any atom is 0.201 e. The minimum Gasteiger partial charge on any atom is -0.477 e. The van der Waals surface area contributed by atoms with Crippen molar-refractivity contribution in [3.63, 3.8) is 0 Å². The lowest BCUT2D eigenvalue weighted by Gasteiger charge is -2.28. The first-order valence-electron chi connectivity index (χ1n) is 9.87. The van der Waals surface area contributed by atoms with E-state index in [9.17, 15) is 0 Å². The Kier molecular flexibility index (Phi) is 5.83. The fourth-order valence-electron chi connectivity index (χ4n) is 3.59. The van der Waals surface area contributed by atoms with Gasteiger partial charge in [0.05, 0.1) is 6.04 Å². The number of nitrogens with zero attached hydrogens (tertiary/aromatic N) is 2. The molecule has 3 heteroatoms. The van der Waals surface area contributed by atoms with Crippen molar-refractivity contribution in [2.45, 2.75) is 32.1 Å². The Morgan fingerprint density at radius 1 is 0.821 bits per heavy atom. The average Bonchev–Trinajstić information content (AvgIpc) is 3.25. The maximum atomic E-state index is 6.05. The summed E-state index contributed by atoms with van der Waals surface area (Å²) in [5, 5.41) is 0. The van der Waals surface area contributed by atoms with Crippen molar-refractivity contribution in [1.29, 1.82) is 0 Å². The molecule has 0 saturated carbocycles. The van der Waals surface area contributed by atoms with Crippen LogP contribution in [0.5, 0.6) is 0 Å². The molecule has 1 unspecified atom stereocenters. The minimum atomic E-state index is 0.0916. The van der Waals surface area contributed by atoms with Crippen LogP contribution in [0.25, 0.3) is 0 Å². The van der Waals surface area contributed by atoms with Crippen LogP contribution in [0.3, 0.4) is 0 Å². The van der Waals surface area contributed by atoms with E-state index >= 15 is 0 Å². The molecule has 1 aliphatic heterocycles. The highest BCUT2D eigenvalue weighted by Crippen LogP contribution is 2.25. The van der Waals surface area contributed by atoms with E-state index in [1.807, 2.05) is 6.07 Å². The normalized spacial score (nSPS) is 17.2. The van der Waals surface area contributed by atoms with E-state index in [1.165, 1.54) is 16.7 Å². The monoisotopic (exact) mass is 370 g/mol. The predicted molar refractivity (Wildman–Crippen MR) is 114 cm³/mol. The zero-order chi connectivity index (χ0) is 19.2. The summed E-state index contributed by atoms with van der Waals surface area (Å²) in [7, 11) is 0. The van der Waals surface area contributed by atoms with E-state index in [2.05, 4.69) is 96.8 Å². The first-order chi connectivity index (χ1) is 13.8. The Balaban J connectivity index is 1.55. The number of ether oxygens (including phenoxy) is 1. The van der Waals surface area contributed by atoms with Gasteiger partial charge in [0.2, 0.25) is 5.90 Å². The highest BCUT2D eigenvalue weighted by Gasteiger charge is 2.28. The molecule has 28 heavy (non-hydrogen) atoms. The molecule has 0 aliphatic carbocycles. The average molecular weight is 370 g/mol. The molecule has 0 aromatic heterocycles. The molecule has 2 atom stereocenters. The summed E-state index contributed by atoms with van der Waals surface area (Å²) in [6.45, 7) is 4.52. The van der Waals surface area contributed by atoms with Gasteiger partial charge in [-0.3, -0.25) is 4.90 Å². The summed E-state index contributed by atoms with van der Waals surface area (Å²) in [4.78, 5) is 7.34. The second-order valence-electron chi connectivity index (χ2n) is 7.26. The molecule has 4 rings (SSSR count). The van der Waals surface area contributed by atoms with Crippen LogP contribution in [-0.2, 0) is 17.8 Å². The molecule has 0 N–H and O–H groups in total.